The molecular formula is C21H20N2O2. The van der Waals surface area contributed by atoms with Gasteiger partial charge in [-0.15, -0.1) is 0 Å². The summed E-state index contributed by atoms with van der Waals surface area (Å²) in [6.07, 6.45) is 1.40. The van der Waals surface area contributed by atoms with E-state index in [0.717, 1.165) is 40.9 Å². The summed E-state index contributed by atoms with van der Waals surface area (Å²) in [7, 11) is 0. The van der Waals surface area contributed by atoms with E-state index in [1.807, 2.05) is 24.3 Å². The van der Waals surface area contributed by atoms with Crippen molar-refractivity contribution in [2.75, 3.05) is 18.0 Å². The first-order chi connectivity index (χ1) is 12.2. The highest BCUT2D eigenvalue weighted by Gasteiger charge is 2.24. The molecule has 25 heavy (non-hydrogen) atoms. The van der Waals surface area contributed by atoms with Crippen molar-refractivity contribution < 1.29 is 9.90 Å². The van der Waals surface area contributed by atoms with Gasteiger partial charge >= 0.3 is 5.97 Å². The second-order valence-electron chi connectivity index (χ2n) is 6.54. The van der Waals surface area contributed by atoms with Crippen molar-refractivity contribution in [3.8, 4) is 11.3 Å². The van der Waals surface area contributed by atoms with Gasteiger partial charge in [0.2, 0.25) is 0 Å². The molecule has 0 aliphatic carbocycles. The maximum Gasteiger partial charge on any atom is 0.306 e. The highest BCUT2D eigenvalue weighted by molar-refractivity contribution is 5.81. The Morgan fingerprint density at radius 3 is 2.60 bits per heavy atom. The standard InChI is InChI=1S/C21H20N2O2/c24-21(25)16-10-12-23(13-11-16)18-6-3-5-17(14-18)20-9-8-15-4-1-2-7-19(15)22-20/h1-9,14,16H,10-13H2,(H,24,25). The number of carbonyl (C=O) groups is 1. The van der Waals surface area contributed by atoms with Crippen LogP contribution in [0.4, 0.5) is 5.69 Å². The van der Waals surface area contributed by atoms with E-state index in [9.17, 15) is 4.79 Å². The fourth-order valence-electron chi connectivity index (χ4n) is 3.47. The Balaban J connectivity index is 1.59. The monoisotopic (exact) mass is 332 g/mol. The van der Waals surface area contributed by atoms with Crippen LogP contribution in [0.5, 0.6) is 0 Å². The van der Waals surface area contributed by atoms with Gasteiger partial charge in [0, 0.05) is 29.7 Å². The molecule has 1 aromatic heterocycles. The zero-order valence-electron chi connectivity index (χ0n) is 13.9. The fourth-order valence-corrected chi connectivity index (χ4v) is 3.47. The van der Waals surface area contributed by atoms with Gasteiger partial charge in [0.05, 0.1) is 17.1 Å². The number of benzene rings is 2. The van der Waals surface area contributed by atoms with E-state index in [2.05, 4.69) is 41.3 Å². The van der Waals surface area contributed by atoms with Gasteiger partial charge in [0.15, 0.2) is 0 Å². The van der Waals surface area contributed by atoms with E-state index in [-0.39, 0.29) is 5.92 Å². The summed E-state index contributed by atoms with van der Waals surface area (Å²) in [5.41, 5.74) is 4.17. The molecule has 2 aromatic carbocycles. The molecule has 4 nitrogen and oxygen atoms in total. The van der Waals surface area contributed by atoms with Crippen LogP contribution in [0.15, 0.2) is 60.7 Å². The Morgan fingerprint density at radius 1 is 1.00 bits per heavy atom. The molecule has 1 saturated heterocycles. The predicted octanol–water partition coefficient (Wildman–Crippen LogP) is 4.20. The number of nitrogens with zero attached hydrogens (tertiary/aromatic N) is 2. The van der Waals surface area contributed by atoms with E-state index in [4.69, 9.17) is 10.1 Å². The Hall–Kier alpha value is -2.88. The number of carboxylic acids is 1. The highest BCUT2D eigenvalue weighted by Crippen LogP contribution is 2.28. The predicted molar refractivity (Wildman–Crippen MR) is 99.8 cm³/mol. The molecule has 4 heteroatoms. The summed E-state index contributed by atoms with van der Waals surface area (Å²) in [6.45, 7) is 1.57. The Labute approximate surface area is 146 Å². The normalized spacial score (nSPS) is 15.4. The van der Waals surface area contributed by atoms with Crippen molar-refractivity contribution in [1.29, 1.82) is 0 Å². The van der Waals surface area contributed by atoms with Gasteiger partial charge < -0.3 is 10.0 Å². The molecule has 1 N–H and O–H groups in total. The van der Waals surface area contributed by atoms with Crippen LogP contribution in [0.2, 0.25) is 0 Å². The van der Waals surface area contributed by atoms with Gasteiger partial charge in [-0.05, 0) is 37.1 Å². The first kappa shape index (κ1) is 15.6. The summed E-state index contributed by atoms with van der Waals surface area (Å²) >= 11 is 0. The highest BCUT2D eigenvalue weighted by atomic mass is 16.4. The van der Waals surface area contributed by atoms with Crippen molar-refractivity contribution in [2.24, 2.45) is 5.92 Å². The number of anilines is 1. The molecule has 126 valence electrons. The van der Waals surface area contributed by atoms with Crippen LogP contribution < -0.4 is 4.90 Å². The average Bonchev–Trinajstić information content (AvgIpc) is 2.68. The number of hydrogen-bond acceptors (Lipinski definition) is 3. The average molecular weight is 332 g/mol. The quantitative estimate of drug-likeness (QED) is 0.781. The third-order valence-corrected chi connectivity index (χ3v) is 4.95. The van der Waals surface area contributed by atoms with Crippen molar-refractivity contribution in [1.82, 2.24) is 4.98 Å². The van der Waals surface area contributed by atoms with Crippen LogP contribution in [0.25, 0.3) is 22.2 Å². The van der Waals surface area contributed by atoms with Crippen LogP contribution >= 0.6 is 0 Å². The van der Waals surface area contributed by atoms with Crippen molar-refractivity contribution in [2.45, 2.75) is 12.8 Å². The Kier molecular flexibility index (Phi) is 4.10. The Morgan fingerprint density at radius 2 is 1.80 bits per heavy atom. The van der Waals surface area contributed by atoms with E-state index in [0.29, 0.717) is 12.8 Å². The van der Waals surface area contributed by atoms with Crippen molar-refractivity contribution in [3.63, 3.8) is 0 Å². The molecule has 0 saturated carbocycles. The number of fused-ring (bicyclic) bond motifs is 1. The first-order valence-electron chi connectivity index (χ1n) is 8.65. The molecule has 0 atom stereocenters. The summed E-state index contributed by atoms with van der Waals surface area (Å²) in [5.74, 6) is -0.879. The lowest BCUT2D eigenvalue weighted by Crippen LogP contribution is -2.36. The largest absolute Gasteiger partial charge is 0.481 e. The number of aromatic nitrogens is 1. The number of para-hydroxylation sites is 1. The maximum absolute atomic E-state index is 11.1. The van der Waals surface area contributed by atoms with Crippen molar-refractivity contribution >= 4 is 22.6 Å². The molecule has 3 aromatic rings. The van der Waals surface area contributed by atoms with Gasteiger partial charge in [-0.1, -0.05) is 36.4 Å². The molecule has 0 amide bonds. The molecule has 1 aliphatic rings. The topological polar surface area (TPSA) is 53.4 Å². The maximum atomic E-state index is 11.1. The van der Waals surface area contributed by atoms with Gasteiger partial charge in [0.1, 0.15) is 0 Å². The molecule has 0 bridgehead atoms. The minimum Gasteiger partial charge on any atom is -0.481 e. The van der Waals surface area contributed by atoms with Crippen LogP contribution in [0.1, 0.15) is 12.8 Å². The SMILES string of the molecule is O=C(O)C1CCN(c2cccc(-c3ccc4ccccc4n3)c2)CC1. The minimum absolute atomic E-state index is 0.207. The molecule has 2 heterocycles. The zero-order chi connectivity index (χ0) is 17.2. The lowest BCUT2D eigenvalue weighted by atomic mass is 9.96. The van der Waals surface area contributed by atoms with Crippen LogP contribution in [-0.4, -0.2) is 29.1 Å². The third kappa shape index (κ3) is 3.20. The fraction of sp³-hybridized carbons (Fsp3) is 0.238. The van der Waals surface area contributed by atoms with Crippen LogP contribution in [0.3, 0.4) is 0 Å². The minimum atomic E-state index is -0.672. The van der Waals surface area contributed by atoms with Crippen molar-refractivity contribution in [3.05, 3.63) is 60.7 Å². The number of piperidine rings is 1. The number of aliphatic carboxylic acids is 1. The number of carboxylic acid groups (broad SMARTS) is 1. The third-order valence-electron chi connectivity index (χ3n) is 4.95. The number of hydrogen-bond donors (Lipinski definition) is 1. The molecule has 1 aliphatic heterocycles. The summed E-state index contributed by atoms with van der Waals surface area (Å²) < 4.78 is 0. The smallest absolute Gasteiger partial charge is 0.306 e. The first-order valence-corrected chi connectivity index (χ1v) is 8.65. The van der Waals surface area contributed by atoms with E-state index in [1.54, 1.807) is 0 Å². The van der Waals surface area contributed by atoms with Crippen LogP contribution in [0, 0.1) is 5.92 Å². The summed E-state index contributed by atoms with van der Waals surface area (Å²) in [6, 6.07) is 20.6. The number of pyridine rings is 1. The molecule has 0 unspecified atom stereocenters. The van der Waals surface area contributed by atoms with Gasteiger partial charge in [-0.2, -0.15) is 0 Å². The summed E-state index contributed by atoms with van der Waals surface area (Å²) in [4.78, 5) is 18.2. The van der Waals surface area contributed by atoms with Gasteiger partial charge in [-0.25, -0.2) is 4.98 Å². The summed E-state index contributed by atoms with van der Waals surface area (Å²) in [5, 5.41) is 10.3. The second-order valence-corrected chi connectivity index (χ2v) is 6.54. The Bertz CT molecular complexity index is 914. The lowest BCUT2D eigenvalue weighted by Gasteiger charge is -2.32. The molecule has 0 spiro atoms. The van der Waals surface area contributed by atoms with Gasteiger partial charge in [-0.3, -0.25) is 4.79 Å². The zero-order valence-corrected chi connectivity index (χ0v) is 13.9. The second kappa shape index (κ2) is 6.55. The molecule has 4 rings (SSSR count). The lowest BCUT2D eigenvalue weighted by molar-refractivity contribution is -0.142. The van der Waals surface area contributed by atoms with Gasteiger partial charge in [0.25, 0.3) is 0 Å². The molecule has 1 fully saturated rings. The molecular weight excluding hydrogens is 312 g/mol. The molecule has 0 radical (unpaired) electrons. The number of rotatable bonds is 3. The van der Waals surface area contributed by atoms with E-state index >= 15 is 0 Å². The van der Waals surface area contributed by atoms with E-state index < -0.39 is 5.97 Å². The van der Waals surface area contributed by atoms with E-state index in [1.165, 1.54) is 0 Å². The van der Waals surface area contributed by atoms with Crippen LogP contribution in [-0.2, 0) is 4.79 Å².